The zero-order chi connectivity index (χ0) is 9.26. The molecule has 2 atom stereocenters. The number of rotatable bonds is 1. The monoisotopic (exact) mass is 175 g/mol. The first-order valence-electron chi connectivity index (χ1n) is 4.61. The highest BCUT2D eigenvalue weighted by molar-refractivity contribution is 5.92. The van der Waals surface area contributed by atoms with Crippen molar-refractivity contribution in [2.75, 3.05) is 6.54 Å². The third-order valence-electron chi connectivity index (χ3n) is 2.60. The lowest BCUT2D eigenvalue weighted by Gasteiger charge is -2.06. The van der Waals surface area contributed by atoms with Crippen molar-refractivity contribution in [3.63, 3.8) is 0 Å². The second kappa shape index (κ2) is 3.30. The normalized spacial score (nSPS) is 27.9. The van der Waals surface area contributed by atoms with Crippen LogP contribution in [0.3, 0.4) is 0 Å². The Hall–Kier alpha value is -1.15. The Morgan fingerprint density at radius 2 is 2.00 bits per heavy atom. The van der Waals surface area contributed by atoms with Crippen molar-refractivity contribution in [1.82, 2.24) is 5.32 Å². The van der Waals surface area contributed by atoms with Crippen LogP contribution in [0, 0.1) is 0 Å². The number of nitrogens with one attached hydrogen (secondary N) is 1. The number of Topliss-reactive ketones (excluding diaryl/α,β-unsaturated/α-hetero) is 1. The Bertz CT molecular complexity index is 307. The van der Waals surface area contributed by atoms with Crippen LogP contribution in [0.15, 0.2) is 30.3 Å². The van der Waals surface area contributed by atoms with Crippen LogP contribution in [0.25, 0.3) is 0 Å². The molecule has 0 radical (unpaired) electrons. The Kier molecular flexibility index (Phi) is 2.15. The first kappa shape index (κ1) is 8.45. The molecule has 13 heavy (non-hydrogen) atoms. The van der Waals surface area contributed by atoms with E-state index in [1.54, 1.807) is 0 Å². The topological polar surface area (TPSA) is 29.1 Å². The number of benzene rings is 1. The van der Waals surface area contributed by atoms with E-state index in [2.05, 4.69) is 5.32 Å². The average Bonchev–Trinajstić information content (AvgIpc) is 2.49. The van der Waals surface area contributed by atoms with Crippen molar-refractivity contribution >= 4 is 5.78 Å². The Balaban J connectivity index is 2.24. The standard InChI is InChI=1S/C11H13NO/c1-8-11(13)10(7-12-8)9-5-3-2-4-6-9/h2-6,8,10,12H,7H2,1H3. The first-order valence-corrected chi connectivity index (χ1v) is 4.61. The lowest BCUT2D eigenvalue weighted by molar-refractivity contribution is -0.119. The SMILES string of the molecule is CC1NCC(c2ccccc2)C1=O. The highest BCUT2D eigenvalue weighted by Crippen LogP contribution is 2.21. The van der Waals surface area contributed by atoms with Gasteiger partial charge in [-0.2, -0.15) is 0 Å². The van der Waals surface area contributed by atoms with Gasteiger partial charge in [-0.3, -0.25) is 4.79 Å². The third kappa shape index (κ3) is 1.49. The maximum Gasteiger partial charge on any atom is 0.158 e. The van der Waals surface area contributed by atoms with Crippen LogP contribution in [-0.2, 0) is 4.79 Å². The number of carbonyl (C=O) groups is 1. The Morgan fingerprint density at radius 3 is 2.54 bits per heavy atom. The zero-order valence-electron chi connectivity index (χ0n) is 7.66. The van der Waals surface area contributed by atoms with Crippen LogP contribution in [0.1, 0.15) is 18.4 Å². The molecule has 1 saturated heterocycles. The van der Waals surface area contributed by atoms with E-state index in [4.69, 9.17) is 0 Å². The quantitative estimate of drug-likeness (QED) is 0.697. The van der Waals surface area contributed by atoms with Gasteiger partial charge < -0.3 is 5.32 Å². The van der Waals surface area contributed by atoms with E-state index in [9.17, 15) is 4.79 Å². The first-order chi connectivity index (χ1) is 6.29. The second-order valence-corrected chi connectivity index (χ2v) is 3.50. The van der Waals surface area contributed by atoms with Gasteiger partial charge in [0.1, 0.15) is 0 Å². The van der Waals surface area contributed by atoms with E-state index >= 15 is 0 Å². The van der Waals surface area contributed by atoms with Crippen molar-refractivity contribution in [2.24, 2.45) is 0 Å². The summed E-state index contributed by atoms with van der Waals surface area (Å²) in [6.07, 6.45) is 0. The Labute approximate surface area is 78.0 Å². The summed E-state index contributed by atoms with van der Waals surface area (Å²) in [6, 6.07) is 9.98. The summed E-state index contributed by atoms with van der Waals surface area (Å²) >= 11 is 0. The van der Waals surface area contributed by atoms with Crippen LogP contribution in [0.5, 0.6) is 0 Å². The smallest absolute Gasteiger partial charge is 0.158 e. The molecule has 0 aliphatic carbocycles. The van der Waals surface area contributed by atoms with Crippen LogP contribution in [0.4, 0.5) is 0 Å². The minimum atomic E-state index is 0.0187. The van der Waals surface area contributed by atoms with Gasteiger partial charge >= 0.3 is 0 Å². The van der Waals surface area contributed by atoms with Crippen molar-refractivity contribution in [1.29, 1.82) is 0 Å². The summed E-state index contributed by atoms with van der Waals surface area (Å²) in [6.45, 7) is 2.70. The highest BCUT2D eigenvalue weighted by Gasteiger charge is 2.31. The van der Waals surface area contributed by atoms with Gasteiger partial charge in [-0.1, -0.05) is 30.3 Å². The van der Waals surface area contributed by atoms with Gasteiger partial charge in [-0.05, 0) is 12.5 Å². The molecule has 68 valence electrons. The van der Waals surface area contributed by atoms with Gasteiger partial charge in [0, 0.05) is 6.54 Å². The molecule has 1 fully saturated rings. The van der Waals surface area contributed by atoms with Crippen LogP contribution in [-0.4, -0.2) is 18.4 Å². The van der Waals surface area contributed by atoms with Crippen molar-refractivity contribution in [3.8, 4) is 0 Å². The van der Waals surface area contributed by atoms with Crippen LogP contribution in [0.2, 0.25) is 0 Å². The van der Waals surface area contributed by atoms with E-state index in [-0.39, 0.29) is 12.0 Å². The predicted molar refractivity (Wildman–Crippen MR) is 51.7 cm³/mol. The minimum Gasteiger partial charge on any atom is -0.307 e. The summed E-state index contributed by atoms with van der Waals surface area (Å²) in [5, 5.41) is 3.17. The van der Waals surface area contributed by atoms with E-state index in [1.165, 1.54) is 0 Å². The molecule has 1 N–H and O–H groups in total. The summed E-state index contributed by atoms with van der Waals surface area (Å²) in [5.41, 5.74) is 1.13. The maximum absolute atomic E-state index is 11.6. The number of ketones is 1. The van der Waals surface area contributed by atoms with E-state index in [1.807, 2.05) is 37.3 Å². The molecule has 2 rings (SSSR count). The number of hydrogen-bond acceptors (Lipinski definition) is 2. The lowest BCUT2D eigenvalue weighted by atomic mass is 9.96. The minimum absolute atomic E-state index is 0.0187. The van der Waals surface area contributed by atoms with Gasteiger partial charge in [0.2, 0.25) is 0 Å². The highest BCUT2D eigenvalue weighted by atomic mass is 16.1. The zero-order valence-corrected chi connectivity index (χ0v) is 7.66. The third-order valence-corrected chi connectivity index (χ3v) is 2.60. The Morgan fingerprint density at radius 1 is 1.31 bits per heavy atom. The van der Waals surface area contributed by atoms with Crippen LogP contribution >= 0.6 is 0 Å². The molecule has 2 heteroatoms. The summed E-state index contributed by atoms with van der Waals surface area (Å²) < 4.78 is 0. The molecule has 0 amide bonds. The van der Waals surface area contributed by atoms with Gasteiger partial charge in [-0.15, -0.1) is 0 Å². The van der Waals surface area contributed by atoms with Crippen molar-refractivity contribution in [3.05, 3.63) is 35.9 Å². The molecule has 0 spiro atoms. The van der Waals surface area contributed by atoms with E-state index in [0.717, 1.165) is 12.1 Å². The molecular weight excluding hydrogens is 162 g/mol. The summed E-state index contributed by atoms with van der Waals surface area (Å²) in [5.74, 6) is 0.377. The van der Waals surface area contributed by atoms with E-state index in [0.29, 0.717) is 5.78 Å². The molecule has 1 aliphatic rings. The lowest BCUT2D eigenvalue weighted by Crippen LogP contribution is -2.22. The molecule has 0 saturated carbocycles. The van der Waals surface area contributed by atoms with Gasteiger partial charge in [0.15, 0.2) is 5.78 Å². The van der Waals surface area contributed by atoms with Crippen molar-refractivity contribution in [2.45, 2.75) is 18.9 Å². The van der Waals surface area contributed by atoms with Gasteiger partial charge in [0.05, 0.1) is 12.0 Å². The van der Waals surface area contributed by atoms with E-state index < -0.39 is 0 Å². The van der Waals surface area contributed by atoms with Gasteiger partial charge in [0.25, 0.3) is 0 Å². The molecule has 1 aromatic rings. The molecule has 1 aromatic carbocycles. The molecule has 1 aliphatic heterocycles. The predicted octanol–water partition coefficient (Wildman–Crippen LogP) is 1.33. The fourth-order valence-corrected chi connectivity index (χ4v) is 1.77. The van der Waals surface area contributed by atoms with Crippen molar-refractivity contribution < 1.29 is 4.79 Å². The molecule has 2 unspecified atom stereocenters. The maximum atomic E-state index is 11.6. The van der Waals surface area contributed by atoms with Gasteiger partial charge in [-0.25, -0.2) is 0 Å². The fourth-order valence-electron chi connectivity index (χ4n) is 1.77. The molecule has 0 aromatic heterocycles. The largest absolute Gasteiger partial charge is 0.307 e. The molecule has 2 nitrogen and oxygen atoms in total. The number of carbonyl (C=O) groups excluding carboxylic acids is 1. The van der Waals surface area contributed by atoms with Crippen LogP contribution < -0.4 is 5.32 Å². The second-order valence-electron chi connectivity index (χ2n) is 3.50. The molecule has 0 bridgehead atoms. The fraction of sp³-hybridized carbons (Fsp3) is 0.364. The average molecular weight is 175 g/mol. The molecule has 1 heterocycles. The summed E-state index contributed by atoms with van der Waals surface area (Å²) in [4.78, 5) is 11.6. The number of hydrogen-bond donors (Lipinski definition) is 1. The molecular formula is C11H13NO. The summed E-state index contributed by atoms with van der Waals surface area (Å²) in [7, 11) is 0.